The highest BCUT2D eigenvalue weighted by molar-refractivity contribution is 5.66. The minimum Gasteiger partial charge on any atom is -0.550 e. The second-order valence-electron chi connectivity index (χ2n) is 11.7. The molecule has 0 aromatic heterocycles. The van der Waals surface area contributed by atoms with Crippen LogP contribution in [0, 0.1) is 0 Å². The van der Waals surface area contributed by atoms with E-state index in [0.29, 0.717) is 43.4 Å². The maximum absolute atomic E-state index is 11.1. The van der Waals surface area contributed by atoms with Gasteiger partial charge in [0.25, 0.3) is 0 Å². The van der Waals surface area contributed by atoms with E-state index in [1.807, 2.05) is 0 Å². The van der Waals surface area contributed by atoms with Crippen molar-refractivity contribution < 1.29 is 34.2 Å². The van der Waals surface area contributed by atoms with Gasteiger partial charge >= 0.3 is 11.9 Å². The van der Waals surface area contributed by atoms with Crippen molar-refractivity contribution in [1.82, 2.24) is 0 Å². The van der Waals surface area contributed by atoms with Crippen LogP contribution >= 0.6 is 0 Å². The molecular formula is C33H61NO6. The van der Waals surface area contributed by atoms with Gasteiger partial charge in [-0.1, -0.05) is 96.1 Å². The molecule has 0 aliphatic heterocycles. The van der Waals surface area contributed by atoms with Crippen molar-refractivity contribution >= 4 is 17.9 Å². The summed E-state index contributed by atoms with van der Waals surface area (Å²) in [6, 6.07) is 0. The summed E-state index contributed by atoms with van der Waals surface area (Å²) in [5.74, 6) is -2.74. The fraction of sp³-hybridized carbons (Fsp3) is 0.848. The number of rotatable bonds is 31. The summed E-state index contributed by atoms with van der Waals surface area (Å²) >= 11 is 0. The molecule has 40 heavy (non-hydrogen) atoms. The van der Waals surface area contributed by atoms with Crippen LogP contribution in [0.1, 0.15) is 155 Å². The average Bonchev–Trinajstić information content (AvgIpc) is 2.89. The molecule has 0 fully saturated rings. The zero-order chi connectivity index (χ0) is 29.7. The molecule has 0 unspecified atom stereocenters. The minimum absolute atomic E-state index is 0.0192. The summed E-state index contributed by atoms with van der Waals surface area (Å²) in [5, 5.41) is 29.1. The molecule has 0 aliphatic rings. The van der Waals surface area contributed by atoms with Crippen LogP contribution in [-0.2, 0) is 14.4 Å². The van der Waals surface area contributed by atoms with Gasteiger partial charge in [0.1, 0.15) is 0 Å². The van der Waals surface area contributed by atoms with Gasteiger partial charge in [-0.25, -0.2) is 0 Å². The van der Waals surface area contributed by atoms with Crippen LogP contribution < -0.4 is 5.11 Å². The van der Waals surface area contributed by atoms with Crippen LogP contribution in [-0.4, -0.2) is 58.8 Å². The summed E-state index contributed by atoms with van der Waals surface area (Å²) < 4.78 is 0.615. The Kier molecular flexibility index (Phi) is 26.0. The van der Waals surface area contributed by atoms with Crippen molar-refractivity contribution in [1.29, 1.82) is 0 Å². The van der Waals surface area contributed by atoms with Crippen LogP contribution in [0.5, 0.6) is 0 Å². The van der Waals surface area contributed by atoms with Crippen LogP contribution in [0.3, 0.4) is 0 Å². The highest BCUT2D eigenvalue weighted by Crippen LogP contribution is 2.19. The topological polar surface area (TPSA) is 115 Å². The Balaban J connectivity index is 4.11. The molecule has 2 N–H and O–H groups in total. The van der Waals surface area contributed by atoms with Gasteiger partial charge in [0.05, 0.1) is 39.0 Å². The van der Waals surface area contributed by atoms with E-state index in [0.717, 1.165) is 19.4 Å². The molecule has 0 atom stereocenters. The molecule has 0 aliphatic carbocycles. The highest BCUT2D eigenvalue weighted by atomic mass is 16.4. The summed E-state index contributed by atoms with van der Waals surface area (Å²) in [6.07, 6.45) is 27.9. The molecule has 0 rings (SSSR count). The van der Waals surface area contributed by atoms with Crippen LogP contribution in [0.15, 0.2) is 12.2 Å². The normalized spacial score (nSPS) is 11.8. The first kappa shape index (κ1) is 38.1. The van der Waals surface area contributed by atoms with Crippen LogP contribution in [0.4, 0.5) is 0 Å². The van der Waals surface area contributed by atoms with Crippen LogP contribution in [0.2, 0.25) is 0 Å². The zero-order valence-electron chi connectivity index (χ0n) is 25.7. The number of aliphatic carboxylic acids is 3. The third-order valence-electron chi connectivity index (χ3n) is 7.95. The molecule has 0 aromatic carbocycles. The maximum Gasteiger partial charge on any atom is 0.303 e. The van der Waals surface area contributed by atoms with Gasteiger partial charge in [-0.15, -0.1) is 0 Å². The molecule has 234 valence electrons. The maximum atomic E-state index is 11.1. The lowest BCUT2D eigenvalue weighted by Gasteiger charge is -2.39. The van der Waals surface area contributed by atoms with Crippen molar-refractivity contribution in [3.8, 4) is 0 Å². The lowest BCUT2D eigenvalue weighted by atomic mass is 10.0. The molecule has 7 nitrogen and oxygen atoms in total. The van der Waals surface area contributed by atoms with Gasteiger partial charge in [-0.05, 0) is 38.5 Å². The predicted molar refractivity (Wildman–Crippen MR) is 161 cm³/mol. The fourth-order valence-corrected chi connectivity index (χ4v) is 5.57. The molecule has 0 aromatic rings. The second-order valence-corrected chi connectivity index (χ2v) is 11.7. The molecule has 0 saturated heterocycles. The average molecular weight is 568 g/mol. The van der Waals surface area contributed by atoms with Gasteiger partial charge in [0, 0.05) is 25.2 Å². The quantitative estimate of drug-likeness (QED) is 0.0517. The molecule has 0 amide bonds. The zero-order valence-corrected chi connectivity index (χ0v) is 25.7. The van der Waals surface area contributed by atoms with E-state index in [1.54, 1.807) is 0 Å². The van der Waals surface area contributed by atoms with Gasteiger partial charge in [-0.2, -0.15) is 0 Å². The SMILES string of the molecule is CCCC/C=C/CCCCCCCCCCCCCCC[N+](CCCC(=O)[O-])(CCCC(=O)O)CCCC(=O)O. The number of unbranched alkanes of at least 4 members (excludes halogenated alkanes) is 15. The molecular weight excluding hydrogens is 506 g/mol. The highest BCUT2D eigenvalue weighted by Gasteiger charge is 2.26. The minimum atomic E-state index is -1.07. The van der Waals surface area contributed by atoms with Gasteiger partial charge in [-0.3, -0.25) is 9.59 Å². The first-order valence-corrected chi connectivity index (χ1v) is 16.4. The number of hydrogen-bond acceptors (Lipinski definition) is 4. The van der Waals surface area contributed by atoms with Crippen molar-refractivity contribution in [3.05, 3.63) is 12.2 Å². The Morgan fingerprint density at radius 2 is 0.875 bits per heavy atom. The molecule has 0 spiro atoms. The van der Waals surface area contributed by atoms with Crippen molar-refractivity contribution in [2.24, 2.45) is 0 Å². The Hall–Kier alpha value is -1.89. The molecule has 0 bridgehead atoms. The molecule has 7 heteroatoms. The van der Waals surface area contributed by atoms with E-state index >= 15 is 0 Å². The summed E-state index contributed by atoms with van der Waals surface area (Å²) in [5.41, 5.74) is 0. The molecule has 0 heterocycles. The standard InChI is InChI=1S/C33H61NO6/c1-2-3-4-5-6-7-8-9-10-11-12-13-14-15-16-17-18-19-20-27-34(28-21-24-31(35)36,29-22-25-32(37)38)30-23-26-33(39)40/h5-6H,2-4,7-30H2,1H3,(H2-,35,36,37,38,39,40)/b6-5+. The number of carboxylic acid groups (broad SMARTS) is 3. The Labute approximate surface area is 245 Å². The number of quaternary nitrogens is 1. The third kappa shape index (κ3) is 26.3. The second kappa shape index (κ2) is 27.3. The predicted octanol–water partition coefficient (Wildman–Crippen LogP) is 7.27. The Morgan fingerprint density at radius 1 is 0.525 bits per heavy atom. The van der Waals surface area contributed by atoms with E-state index in [-0.39, 0.29) is 19.3 Å². The lowest BCUT2D eigenvalue weighted by Crippen LogP contribution is -2.51. The van der Waals surface area contributed by atoms with Crippen molar-refractivity contribution in [2.45, 2.75) is 155 Å². The number of allylic oxidation sites excluding steroid dienone is 2. The number of hydrogen-bond donors (Lipinski definition) is 2. The fourth-order valence-electron chi connectivity index (χ4n) is 5.57. The molecule has 0 radical (unpaired) electrons. The number of carboxylic acids is 3. The van der Waals surface area contributed by atoms with Crippen molar-refractivity contribution in [3.63, 3.8) is 0 Å². The van der Waals surface area contributed by atoms with Crippen LogP contribution in [0.25, 0.3) is 0 Å². The monoisotopic (exact) mass is 567 g/mol. The molecule has 0 saturated carbocycles. The number of carbonyl (C=O) groups excluding carboxylic acids is 1. The van der Waals surface area contributed by atoms with Gasteiger partial charge in [0.15, 0.2) is 0 Å². The van der Waals surface area contributed by atoms with E-state index in [9.17, 15) is 19.5 Å². The van der Waals surface area contributed by atoms with Gasteiger partial charge < -0.3 is 24.6 Å². The third-order valence-corrected chi connectivity index (χ3v) is 7.95. The number of nitrogens with zero attached hydrogens (tertiary/aromatic N) is 1. The largest absolute Gasteiger partial charge is 0.550 e. The first-order chi connectivity index (χ1) is 19.3. The van der Waals surface area contributed by atoms with Gasteiger partial charge in [0.2, 0.25) is 0 Å². The van der Waals surface area contributed by atoms with Crippen molar-refractivity contribution in [2.75, 3.05) is 26.2 Å². The smallest absolute Gasteiger partial charge is 0.303 e. The Bertz CT molecular complexity index is 613. The van der Waals surface area contributed by atoms with E-state index < -0.39 is 17.9 Å². The summed E-state index contributed by atoms with van der Waals surface area (Å²) in [4.78, 5) is 33.1. The summed E-state index contributed by atoms with van der Waals surface area (Å²) in [7, 11) is 0. The summed E-state index contributed by atoms with van der Waals surface area (Å²) in [6.45, 7) is 5.01. The first-order valence-electron chi connectivity index (χ1n) is 16.4. The van der Waals surface area contributed by atoms with E-state index in [4.69, 9.17) is 10.2 Å². The number of carbonyl (C=O) groups is 3. The van der Waals surface area contributed by atoms with E-state index in [1.165, 1.54) is 96.3 Å². The Morgan fingerprint density at radius 3 is 1.27 bits per heavy atom. The van der Waals surface area contributed by atoms with E-state index in [2.05, 4.69) is 19.1 Å². The lowest BCUT2D eigenvalue weighted by molar-refractivity contribution is -0.929.